The monoisotopic (exact) mass is 389 g/mol. The molecule has 0 aliphatic rings. The van der Waals surface area contributed by atoms with E-state index in [0.29, 0.717) is 17.9 Å². The molecule has 5 nitrogen and oxygen atoms in total. The van der Waals surface area contributed by atoms with Gasteiger partial charge in [0, 0.05) is 16.6 Å². The van der Waals surface area contributed by atoms with E-state index in [0.717, 1.165) is 5.56 Å². The fourth-order valence-electron chi connectivity index (χ4n) is 2.13. The molecule has 1 N–H and O–H groups in total. The van der Waals surface area contributed by atoms with E-state index in [4.69, 9.17) is 32.7 Å². The van der Waals surface area contributed by atoms with Crippen molar-refractivity contribution in [1.82, 2.24) is 4.72 Å². The van der Waals surface area contributed by atoms with E-state index >= 15 is 0 Å². The Balaban J connectivity index is 2.05. The summed E-state index contributed by atoms with van der Waals surface area (Å²) in [4.78, 5) is 0.0345. The number of halogens is 2. The summed E-state index contributed by atoms with van der Waals surface area (Å²) < 4.78 is 37.5. The molecule has 0 amide bonds. The number of methoxy groups -OCH3 is 2. The summed E-state index contributed by atoms with van der Waals surface area (Å²) in [7, 11) is -0.573. The Bertz CT molecular complexity index is 805. The lowest BCUT2D eigenvalue weighted by atomic mass is 10.1. The first-order chi connectivity index (χ1) is 11.4. The van der Waals surface area contributed by atoms with Crippen molar-refractivity contribution >= 4 is 33.2 Å². The van der Waals surface area contributed by atoms with Gasteiger partial charge in [0.05, 0.1) is 19.1 Å². The van der Waals surface area contributed by atoms with Crippen LogP contribution in [0.5, 0.6) is 11.5 Å². The third kappa shape index (κ3) is 4.77. The highest BCUT2D eigenvalue weighted by Crippen LogP contribution is 2.27. The van der Waals surface area contributed by atoms with Crippen LogP contribution in [0.2, 0.25) is 10.0 Å². The molecular weight excluding hydrogens is 373 g/mol. The molecule has 130 valence electrons. The molecule has 24 heavy (non-hydrogen) atoms. The lowest BCUT2D eigenvalue weighted by Gasteiger charge is -2.10. The van der Waals surface area contributed by atoms with Crippen LogP contribution in [-0.4, -0.2) is 29.2 Å². The number of rotatable bonds is 7. The number of hydrogen-bond donors (Lipinski definition) is 1. The third-order valence-corrected chi connectivity index (χ3v) is 5.18. The standard InChI is InChI=1S/C16H17Cl2NO4S/c1-22-15-4-3-11(7-16(15)23-2)5-6-19-24(20,21)14-9-12(17)8-13(18)10-14/h3-4,7-10,19H,5-6H2,1-2H3. The maximum Gasteiger partial charge on any atom is 0.240 e. The molecule has 2 aromatic carbocycles. The Morgan fingerprint density at radius 2 is 1.58 bits per heavy atom. The van der Waals surface area contributed by atoms with Gasteiger partial charge in [-0.25, -0.2) is 13.1 Å². The number of ether oxygens (including phenoxy) is 2. The van der Waals surface area contributed by atoms with Crippen LogP contribution in [0.25, 0.3) is 0 Å². The van der Waals surface area contributed by atoms with Gasteiger partial charge in [-0.2, -0.15) is 0 Å². The van der Waals surface area contributed by atoms with Gasteiger partial charge in [-0.3, -0.25) is 0 Å². The molecule has 0 saturated carbocycles. The number of benzene rings is 2. The van der Waals surface area contributed by atoms with Gasteiger partial charge in [0.2, 0.25) is 10.0 Å². The Labute approximate surface area is 151 Å². The zero-order chi connectivity index (χ0) is 17.7. The topological polar surface area (TPSA) is 64.6 Å². The molecule has 0 radical (unpaired) electrons. The molecular formula is C16H17Cl2NO4S. The first kappa shape index (κ1) is 18.9. The van der Waals surface area contributed by atoms with Gasteiger partial charge in [0.1, 0.15) is 0 Å². The highest BCUT2D eigenvalue weighted by molar-refractivity contribution is 7.89. The summed E-state index contributed by atoms with van der Waals surface area (Å²) in [5.41, 5.74) is 0.916. The maximum atomic E-state index is 12.3. The Morgan fingerprint density at radius 3 is 2.17 bits per heavy atom. The number of nitrogens with one attached hydrogen (secondary N) is 1. The Morgan fingerprint density at radius 1 is 0.958 bits per heavy atom. The second kappa shape index (κ2) is 8.07. The van der Waals surface area contributed by atoms with Crippen molar-refractivity contribution in [2.45, 2.75) is 11.3 Å². The van der Waals surface area contributed by atoms with Gasteiger partial charge in [-0.15, -0.1) is 0 Å². The fourth-order valence-corrected chi connectivity index (χ4v) is 3.89. The molecule has 8 heteroatoms. The maximum absolute atomic E-state index is 12.3. The SMILES string of the molecule is COc1ccc(CCNS(=O)(=O)c2cc(Cl)cc(Cl)c2)cc1OC. The molecule has 0 aliphatic heterocycles. The molecule has 0 spiro atoms. The van der Waals surface area contributed by atoms with Gasteiger partial charge >= 0.3 is 0 Å². The van der Waals surface area contributed by atoms with Crippen LogP contribution < -0.4 is 14.2 Å². The number of sulfonamides is 1. The van der Waals surface area contributed by atoms with E-state index in [9.17, 15) is 8.42 Å². The van der Waals surface area contributed by atoms with Crippen molar-refractivity contribution < 1.29 is 17.9 Å². The van der Waals surface area contributed by atoms with E-state index in [-0.39, 0.29) is 21.5 Å². The predicted octanol–water partition coefficient (Wildman–Crippen LogP) is 3.53. The van der Waals surface area contributed by atoms with Crippen LogP contribution in [0.4, 0.5) is 0 Å². The van der Waals surface area contributed by atoms with Gasteiger partial charge in [-0.1, -0.05) is 29.3 Å². The fraction of sp³-hybridized carbons (Fsp3) is 0.250. The van der Waals surface area contributed by atoms with Gasteiger partial charge in [0.25, 0.3) is 0 Å². The van der Waals surface area contributed by atoms with Crippen molar-refractivity contribution in [3.63, 3.8) is 0 Å². The summed E-state index contributed by atoms with van der Waals surface area (Å²) >= 11 is 11.7. The van der Waals surface area contributed by atoms with E-state index in [1.165, 1.54) is 18.2 Å². The summed E-state index contributed by atoms with van der Waals surface area (Å²) in [5.74, 6) is 1.22. The average Bonchev–Trinajstić information content (AvgIpc) is 2.53. The van der Waals surface area contributed by atoms with Crippen molar-refractivity contribution in [1.29, 1.82) is 0 Å². The molecule has 0 fully saturated rings. The van der Waals surface area contributed by atoms with Crippen LogP contribution in [0.1, 0.15) is 5.56 Å². The molecule has 0 heterocycles. The van der Waals surface area contributed by atoms with Crippen LogP contribution in [-0.2, 0) is 16.4 Å². The van der Waals surface area contributed by atoms with Crippen molar-refractivity contribution in [3.05, 3.63) is 52.0 Å². The number of hydrogen-bond acceptors (Lipinski definition) is 4. The van der Waals surface area contributed by atoms with Crippen molar-refractivity contribution in [2.24, 2.45) is 0 Å². The van der Waals surface area contributed by atoms with Crippen LogP contribution >= 0.6 is 23.2 Å². The first-order valence-corrected chi connectivity index (χ1v) is 9.26. The summed E-state index contributed by atoms with van der Waals surface area (Å²) in [6.45, 7) is 0.224. The zero-order valence-electron chi connectivity index (χ0n) is 13.2. The van der Waals surface area contributed by atoms with Crippen molar-refractivity contribution in [2.75, 3.05) is 20.8 Å². The van der Waals surface area contributed by atoms with Gasteiger partial charge in [0.15, 0.2) is 11.5 Å². The largest absolute Gasteiger partial charge is 0.493 e. The van der Waals surface area contributed by atoms with E-state index < -0.39 is 10.0 Å². The lowest BCUT2D eigenvalue weighted by Crippen LogP contribution is -2.26. The lowest BCUT2D eigenvalue weighted by molar-refractivity contribution is 0.354. The minimum absolute atomic E-state index is 0.0345. The third-order valence-electron chi connectivity index (χ3n) is 3.30. The molecule has 0 saturated heterocycles. The Kier molecular flexibility index (Phi) is 6.34. The summed E-state index contributed by atoms with van der Waals surface area (Å²) in [6.07, 6.45) is 0.494. The molecule has 0 aliphatic carbocycles. The highest BCUT2D eigenvalue weighted by Gasteiger charge is 2.15. The summed E-state index contributed by atoms with van der Waals surface area (Å²) in [5, 5.41) is 0.533. The van der Waals surface area contributed by atoms with E-state index in [1.54, 1.807) is 20.3 Å². The minimum atomic E-state index is -3.68. The zero-order valence-corrected chi connectivity index (χ0v) is 15.5. The molecule has 0 unspecified atom stereocenters. The van der Waals surface area contributed by atoms with E-state index in [1.807, 2.05) is 12.1 Å². The quantitative estimate of drug-likeness (QED) is 0.786. The molecule has 2 rings (SSSR count). The molecule has 0 aromatic heterocycles. The van der Waals surface area contributed by atoms with Crippen molar-refractivity contribution in [3.8, 4) is 11.5 Å². The van der Waals surface area contributed by atoms with Crippen LogP contribution in [0, 0.1) is 0 Å². The van der Waals surface area contributed by atoms with E-state index in [2.05, 4.69) is 4.72 Å². The van der Waals surface area contributed by atoms with Crippen LogP contribution in [0.15, 0.2) is 41.3 Å². The highest BCUT2D eigenvalue weighted by atomic mass is 35.5. The molecule has 2 aromatic rings. The average molecular weight is 390 g/mol. The van der Waals surface area contributed by atoms with Gasteiger partial charge in [-0.05, 0) is 42.3 Å². The molecule has 0 atom stereocenters. The minimum Gasteiger partial charge on any atom is -0.493 e. The van der Waals surface area contributed by atoms with Gasteiger partial charge < -0.3 is 9.47 Å². The second-order valence-corrected chi connectivity index (χ2v) is 7.58. The second-order valence-electron chi connectivity index (χ2n) is 4.94. The predicted molar refractivity (Wildman–Crippen MR) is 94.9 cm³/mol. The smallest absolute Gasteiger partial charge is 0.240 e. The van der Waals surface area contributed by atoms with Crippen LogP contribution in [0.3, 0.4) is 0 Å². The summed E-state index contributed by atoms with van der Waals surface area (Å²) in [6, 6.07) is 9.62. The first-order valence-electron chi connectivity index (χ1n) is 7.02. The Hall–Kier alpha value is -1.47. The molecule has 0 bridgehead atoms. The normalized spacial score (nSPS) is 11.3.